The molecule has 0 saturated heterocycles. The molecule has 1 aromatic heterocycles. The molecule has 1 aliphatic heterocycles. The molecule has 0 amide bonds. The van der Waals surface area contributed by atoms with Crippen LogP contribution in [0.15, 0.2) is 23.4 Å². The molecule has 2 aromatic rings. The van der Waals surface area contributed by atoms with Crippen LogP contribution in [0.2, 0.25) is 0 Å². The Hall–Kier alpha value is -2.42. The molecule has 0 aliphatic carbocycles. The number of nitrogens with two attached hydrogens (primary N) is 1. The summed E-state index contributed by atoms with van der Waals surface area (Å²) >= 11 is 1.00. The van der Waals surface area contributed by atoms with E-state index in [9.17, 15) is 4.79 Å². The minimum atomic E-state index is -0.942. The first-order chi connectivity index (χ1) is 9.65. The van der Waals surface area contributed by atoms with E-state index < -0.39 is 5.97 Å². The number of aromatic nitrogens is 3. The predicted octanol–water partition coefficient (Wildman–Crippen LogP) is 0.564. The summed E-state index contributed by atoms with van der Waals surface area (Å²) in [4.78, 5) is 10.5. The van der Waals surface area contributed by atoms with E-state index in [0.29, 0.717) is 28.0 Å². The number of hydrogen-bond acceptors (Lipinski definition) is 7. The normalized spacial score (nSPS) is 12.6. The van der Waals surface area contributed by atoms with Gasteiger partial charge >= 0.3 is 5.97 Å². The van der Waals surface area contributed by atoms with Crippen LogP contribution in [0.25, 0.3) is 11.4 Å². The first kappa shape index (κ1) is 12.6. The lowest BCUT2D eigenvalue weighted by molar-refractivity contribution is -0.133. The highest BCUT2D eigenvalue weighted by molar-refractivity contribution is 7.99. The zero-order chi connectivity index (χ0) is 14.1. The number of carboxylic acid groups (broad SMARTS) is 1. The van der Waals surface area contributed by atoms with Crippen LogP contribution >= 0.6 is 11.8 Å². The number of thioether (sulfide) groups is 1. The molecule has 9 heteroatoms. The Bertz CT molecular complexity index is 672. The number of benzene rings is 1. The third-order valence-corrected chi connectivity index (χ3v) is 3.55. The van der Waals surface area contributed by atoms with Gasteiger partial charge < -0.3 is 20.4 Å². The van der Waals surface area contributed by atoms with Crippen LogP contribution in [0, 0.1) is 0 Å². The van der Waals surface area contributed by atoms with Gasteiger partial charge in [0.1, 0.15) is 0 Å². The summed E-state index contributed by atoms with van der Waals surface area (Å²) in [5, 5.41) is 16.8. The van der Waals surface area contributed by atoms with Crippen LogP contribution in [0.1, 0.15) is 0 Å². The summed E-state index contributed by atoms with van der Waals surface area (Å²) in [5.41, 5.74) is 0.714. The fourth-order valence-electron chi connectivity index (χ4n) is 1.73. The van der Waals surface area contributed by atoms with Crippen LogP contribution in [-0.2, 0) is 4.79 Å². The van der Waals surface area contributed by atoms with Crippen LogP contribution in [0.3, 0.4) is 0 Å². The van der Waals surface area contributed by atoms with Crippen molar-refractivity contribution in [2.75, 3.05) is 18.4 Å². The Kier molecular flexibility index (Phi) is 3.11. The molecule has 0 fully saturated rings. The smallest absolute Gasteiger partial charge is 0.313 e. The van der Waals surface area contributed by atoms with Crippen LogP contribution < -0.4 is 15.3 Å². The monoisotopic (exact) mass is 294 g/mol. The fraction of sp³-hybridized carbons (Fsp3) is 0.182. The third kappa shape index (κ3) is 2.23. The molecule has 3 N–H and O–H groups in total. The summed E-state index contributed by atoms with van der Waals surface area (Å²) in [6.07, 6.45) is 0. The second kappa shape index (κ2) is 4.93. The van der Waals surface area contributed by atoms with Crippen molar-refractivity contribution in [3.05, 3.63) is 18.2 Å². The molecule has 1 aliphatic rings. The Balaban J connectivity index is 1.89. The van der Waals surface area contributed by atoms with Gasteiger partial charge in [-0.2, -0.15) is 0 Å². The van der Waals surface area contributed by atoms with Gasteiger partial charge in [0, 0.05) is 5.56 Å². The van der Waals surface area contributed by atoms with E-state index in [1.807, 2.05) is 0 Å². The summed E-state index contributed by atoms with van der Waals surface area (Å²) in [5.74, 6) is 6.51. The van der Waals surface area contributed by atoms with Gasteiger partial charge in [-0.25, -0.2) is 4.68 Å². The number of ether oxygens (including phenoxy) is 2. The van der Waals surface area contributed by atoms with Gasteiger partial charge in [0.2, 0.25) is 11.9 Å². The topological polar surface area (TPSA) is 112 Å². The average Bonchev–Trinajstić information content (AvgIpc) is 3.02. The van der Waals surface area contributed by atoms with Crippen LogP contribution in [0.5, 0.6) is 11.5 Å². The van der Waals surface area contributed by atoms with Gasteiger partial charge in [-0.05, 0) is 18.2 Å². The third-order valence-electron chi connectivity index (χ3n) is 2.62. The van der Waals surface area contributed by atoms with Crippen molar-refractivity contribution in [1.29, 1.82) is 0 Å². The second-order valence-corrected chi connectivity index (χ2v) is 4.87. The lowest BCUT2D eigenvalue weighted by atomic mass is 10.2. The maximum Gasteiger partial charge on any atom is 0.313 e. The van der Waals surface area contributed by atoms with Crippen molar-refractivity contribution in [3.8, 4) is 22.9 Å². The first-order valence-electron chi connectivity index (χ1n) is 5.60. The van der Waals surface area contributed by atoms with Gasteiger partial charge in [-0.1, -0.05) is 11.8 Å². The first-order valence-corrected chi connectivity index (χ1v) is 6.59. The standard InChI is InChI=1S/C11H10N4O4S/c12-15-10(13-14-11(15)20-4-9(16)17)6-1-2-7-8(3-6)19-5-18-7/h1-3H,4-5,12H2,(H,16,17). The van der Waals surface area contributed by atoms with Gasteiger partial charge in [0.25, 0.3) is 0 Å². The van der Waals surface area contributed by atoms with E-state index in [1.165, 1.54) is 4.68 Å². The average molecular weight is 294 g/mol. The SMILES string of the molecule is Nn1c(SCC(=O)O)nnc1-c1ccc2c(c1)OCO2. The Labute approximate surface area is 117 Å². The van der Waals surface area contributed by atoms with E-state index >= 15 is 0 Å². The van der Waals surface area contributed by atoms with Gasteiger partial charge in [0.15, 0.2) is 17.3 Å². The van der Waals surface area contributed by atoms with E-state index in [2.05, 4.69) is 10.2 Å². The predicted molar refractivity (Wildman–Crippen MR) is 70.1 cm³/mol. The Morgan fingerprint density at radius 1 is 1.40 bits per heavy atom. The quantitative estimate of drug-likeness (QED) is 0.621. The molecule has 0 spiro atoms. The molecule has 0 bridgehead atoms. The molecule has 104 valence electrons. The highest BCUT2D eigenvalue weighted by atomic mass is 32.2. The highest BCUT2D eigenvalue weighted by Gasteiger charge is 2.18. The minimum Gasteiger partial charge on any atom is -0.481 e. The summed E-state index contributed by atoms with van der Waals surface area (Å²) < 4.78 is 11.8. The van der Waals surface area contributed by atoms with Crippen molar-refractivity contribution in [3.63, 3.8) is 0 Å². The molecule has 2 heterocycles. The summed E-state index contributed by atoms with van der Waals surface area (Å²) in [7, 11) is 0. The molecule has 0 saturated carbocycles. The number of carboxylic acids is 1. The summed E-state index contributed by atoms with van der Waals surface area (Å²) in [6, 6.07) is 5.30. The largest absolute Gasteiger partial charge is 0.481 e. The number of rotatable bonds is 4. The molecular weight excluding hydrogens is 284 g/mol. The number of nitrogen functional groups attached to an aromatic ring is 1. The zero-order valence-electron chi connectivity index (χ0n) is 10.1. The van der Waals surface area contributed by atoms with Crippen molar-refractivity contribution in [2.45, 2.75) is 5.16 Å². The molecule has 8 nitrogen and oxygen atoms in total. The molecule has 0 radical (unpaired) electrons. The van der Waals surface area contributed by atoms with E-state index in [0.717, 1.165) is 11.8 Å². The molecule has 20 heavy (non-hydrogen) atoms. The van der Waals surface area contributed by atoms with E-state index in [1.54, 1.807) is 18.2 Å². The van der Waals surface area contributed by atoms with Crippen LogP contribution in [-0.4, -0.2) is 38.5 Å². The number of nitrogens with zero attached hydrogens (tertiary/aromatic N) is 3. The number of hydrogen-bond donors (Lipinski definition) is 2. The van der Waals surface area contributed by atoms with Gasteiger partial charge in [-0.3, -0.25) is 4.79 Å². The highest BCUT2D eigenvalue weighted by Crippen LogP contribution is 2.35. The molecular formula is C11H10N4O4S. The Morgan fingerprint density at radius 3 is 3.00 bits per heavy atom. The molecule has 0 unspecified atom stereocenters. The van der Waals surface area contributed by atoms with Crippen molar-refractivity contribution in [1.82, 2.24) is 14.9 Å². The summed E-state index contributed by atoms with van der Waals surface area (Å²) in [6.45, 7) is 0.188. The van der Waals surface area contributed by atoms with E-state index in [-0.39, 0.29) is 12.5 Å². The zero-order valence-corrected chi connectivity index (χ0v) is 11.0. The van der Waals surface area contributed by atoms with Crippen molar-refractivity contribution in [2.24, 2.45) is 0 Å². The van der Waals surface area contributed by atoms with Crippen molar-refractivity contribution < 1.29 is 19.4 Å². The fourth-order valence-corrected chi connectivity index (χ4v) is 2.31. The number of carbonyl (C=O) groups is 1. The molecule has 1 aromatic carbocycles. The molecule has 0 atom stereocenters. The Morgan fingerprint density at radius 2 is 2.20 bits per heavy atom. The van der Waals surface area contributed by atoms with Crippen molar-refractivity contribution >= 4 is 17.7 Å². The maximum absolute atomic E-state index is 10.5. The number of aliphatic carboxylic acids is 1. The lowest BCUT2D eigenvalue weighted by Crippen LogP contribution is -2.12. The maximum atomic E-state index is 10.5. The van der Waals surface area contributed by atoms with E-state index in [4.69, 9.17) is 20.4 Å². The minimum absolute atomic E-state index is 0.128. The molecule has 3 rings (SSSR count). The van der Waals surface area contributed by atoms with Gasteiger partial charge in [0.05, 0.1) is 5.75 Å². The number of fused-ring (bicyclic) bond motifs is 1. The van der Waals surface area contributed by atoms with Gasteiger partial charge in [-0.15, -0.1) is 10.2 Å². The second-order valence-electron chi connectivity index (χ2n) is 3.93. The van der Waals surface area contributed by atoms with Crippen LogP contribution in [0.4, 0.5) is 0 Å². The lowest BCUT2D eigenvalue weighted by Gasteiger charge is -2.03.